The summed E-state index contributed by atoms with van der Waals surface area (Å²) >= 11 is 0. The molecule has 0 radical (unpaired) electrons. The molecular formula is C27H42N4O3. The normalized spacial score (nSPS) is 20.6. The van der Waals surface area contributed by atoms with Crippen molar-refractivity contribution in [1.29, 1.82) is 0 Å². The quantitative estimate of drug-likeness (QED) is 0.487. The van der Waals surface area contributed by atoms with Crippen molar-refractivity contribution in [3.63, 3.8) is 0 Å². The summed E-state index contributed by atoms with van der Waals surface area (Å²) in [6.45, 7) is 9.66. The Kier molecular flexibility index (Phi) is 9.51. The Labute approximate surface area is 204 Å². The van der Waals surface area contributed by atoms with Crippen LogP contribution in [0.1, 0.15) is 64.9 Å². The summed E-state index contributed by atoms with van der Waals surface area (Å²) in [5.74, 6) is 0.0998. The number of amides is 3. The first-order valence-corrected chi connectivity index (χ1v) is 13.0. The van der Waals surface area contributed by atoms with E-state index in [9.17, 15) is 14.4 Å². The molecule has 7 heteroatoms. The minimum absolute atomic E-state index is 0.0152. The number of piperidine rings is 1. The lowest BCUT2D eigenvalue weighted by Gasteiger charge is -2.51. The van der Waals surface area contributed by atoms with Gasteiger partial charge in [-0.15, -0.1) is 0 Å². The Hall–Kier alpha value is -2.41. The van der Waals surface area contributed by atoms with Crippen molar-refractivity contribution in [3.8, 4) is 0 Å². The first-order chi connectivity index (χ1) is 16.4. The van der Waals surface area contributed by atoms with E-state index in [0.29, 0.717) is 32.4 Å². The highest BCUT2D eigenvalue weighted by Gasteiger charge is 2.52. The second-order valence-corrected chi connectivity index (χ2v) is 10.1. The molecule has 1 aromatic rings. The van der Waals surface area contributed by atoms with Gasteiger partial charge in [-0.1, -0.05) is 51.1 Å². The lowest BCUT2D eigenvalue weighted by molar-refractivity contribution is -0.161. The third-order valence-corrected chi connectivity index (χ3v) is 7.24. The monoisotopic (exact) mass is 470 g/mol. The van der Waals surface area contributed by atoms with Crippen molar-refractivity contribution in [2.24, 2.45) is 5.92 Å². The summed E-state index contributed by atoms with van der Waals surface area (Å²) in [4.78, 5) is 42.8. The summed E-state index contributed by atoms with van der Waals surface area (Å²) < 4.78 is 0. The second kappa shape index (κ2) is 12.3. The molecule has 7 nitrogen and oxygen atoms in total. The van der Waals surface area contributed by atoms with Crippen LogP contribution in [-0.4, -0.2) is 71.8 Å². The summed E-state index contributed by atoms with van der Waals surface area (Å²) in [5, 5.41) is 5.98. The highest BCUT2D eigenvalue weighted by molar-refractivity contribution is 6.00. The number of nitrogens with one attached hydrogen (secondary N) is 2. The number of hydrogen-bond donors (Lipinski definition) is 2. The highest BCUT2D eigenvalue weighted by Crippen LogP contribution is 2.34. The van der Waals surface area contributed by atoms with Gasteiger partial charge in [-0.25, -0.2) is 0 Å². The highest BCUT2D eigenvalue weighted by atomic mass is 16.2. The average Bonchev–Trinajstić information content (AvgIpc) is 2.84. The van der Waals surface area contributed by atoms with Crippen LogP contribution in [0.15, 0.2) is 30.3 Å². The van der Waals surface area contributed by atoms with Crippen LogP contribution in [-0.2, 0) is 20.8 Å². The molecule has 1 spiro atoms. The Balaban J connectivity index is 1.52. The Bertz CT molecular complexity index is 818. The first-order valence-electron chi connectivity index (χ1n) is 13.0. The van der Waals surface area contributed by atoms with Crippen molar-refractivity contribution < 1.29 is 14.4 Å². The lowest BCUT2D eigenvalue weighted by atomic mass is 9.81. The first kappa shape index (κ1) is 26.2. The van der Waals surface area contributed by atoms with E-state index in [1.54, 1.807) is 0 Å². The molecule has 2 N–H and O–H groups in total. The molecule has 2 fully saturated rings. The molecule has 3 amide bonds. The maximum atomic E-state index is 13.4. The molecule has 0 aromatic heterocycles. The van der Waals surface area contributed by atoms with E-state index in [4.69, 9.17) is 0 Å². The molecule has 1 atom stereocenters. The van der Waals surface area contributed by atoms with Crippen LogP contribution in [0, 0.1) is 5.92 Å². The topological polar surface area (TPSA) is 81.8 Å². The molecule has 0 aliphatic carbocycles. The van der Waals surface area contributed by atoms with Crippen LogP contribution in [0.5, 0.6) is 0 Å². The number of benzene rings is 1. The van der Waals surface area contributed by atoms with Gasteiger partial charge in [0.05, 0.1) is 0 Å². The summed E-state index contributed by atoms with van der Waals surface area (Å²) in [7, 11) is 0. The van der Waals surface area contributed by atoms with E-state index < -0.39 is 11.6 Å². The number of nitrogens with zero attached hydrogens (tertiary/aromatic N) is 2. The third-order valence-electron chi connectivity index (χ3n) is 7.24. The Morgan fingerprint density at radius 1 is 1.12 bits per heavy atom. The largest absolute Gasteiger partial charge is 0.356 e. The fourth-order valence-electron chi connectivity index (χ4n) is 5.08. The number of carbonyl (C=O) groups excluding carboxylic acids is 3. The average molecular weight is 471 g/mol. The van der Waals surface area contributed by atoms with Crippen LogP contribution < -0.4 is 10.6 Å². The molecule has 1 aromatic carbocycles. The van der Waals surface area contributed by atoms with E-state index in [2.05, 4.69) is 46.7 Å². The number of rotatable bonds is 11. The summed E-state index contributed by atoms with van der Waals surface area (Å²) in [6.07, 6.45) is 5.41. The van der Waals surface area contributed by atoms with Gasteiger partial charge in [-0.2, -0.15) is 0 Å². The van der Waals surface area contributed by atoms with Gasteiger partial charge >= 0.3 is 0 Å². The zero-order valence-corrected chi connectivity index (χ0v) is 21.1. The smallest absolute Gasteiger partial charge is 0.246 e. The standard InChI is InChI=1S/C27H42N4O3/c1-4-17-31-25(33)23(12-8-9-16-28-24(32)21(2)3)29-26(34)27(31)14-19-30(20-15-27)18-13-22-10-6-5-7-11-22/h5-7,10-11,21,23H,4,8-9,12-20H2,1-3H3,(H,28,32)(H,29,34)/t23-/m0/s1. The molecule has 188 valence electrons. The molecule has 0 unspecified atom stereocenters. The minimum Gasteiger partial charge on any atom is -0.356 e. The van der Waals surface area contributed by atoms with E-state index in [0.717, 1.165) is 45.3 Å². The van der Waals surface area contributed by atoms with Gasteiger partial charge in [0.1, 0.15) is 11.6 Å². The van der Waals surface area contributed by atoms with Gasteiger partial charge in [0.25, 0.3) is 0 Å². The molecular weight excluding hydrogens is 428 g/mol. The Morgan fingerprint density at radius 2 is 1.82 bits per heavy atom. The molecule has 2 aliphatic rings. The molecule has 34 heavy (non-hydrogen) atoms. The predicted octanol–water partition coefficient (Wildman–Crippen LogP) is 2.74. The molecule has 2 aliphatic heterocycles. The van der Waals surface area contributed by atoms with Crippen LogP contribution in [0.3, 0.4) is 0 Å². The van der Waals surface area contributed by atoms with Crippen LogP contribution in [0.2, 0.25) is 0 Å². The molecule has 0 bridgehead atoms. The van der Waals surface area contributed by atoms with Gasteiger partial charge in [0.2, 0.25) is 17.7 Å². The maximum absolute atomic E-state index is 13.4. The van der Waals surface area contributed by atoms with Gasteiger partial charge in [-0.05, 0) is 50.5 Å². The van der Waals surface area contributed by atoms with E-state index >= 15 is 0 Å². The lowest BCUT2D eigenvalue weighted by Crippen LogP contribution is -2.72. The molecule has 2 heterocycles. The van der Waals surface area contributed by atoms with Crippen molar-refractivity contribution in [2.45, 2.75) is 77.3 Å². The number of carbonyl (C=O) groups is 3. The van der Waals surface area contributed by atoms with Crippen molar-refractivity contribution in [3.05, 3.63) is 35.9 Å². The molecule has 0 saturated carbocycles. The van der Waals surface area contributed by atoms with Crippen LogP contribution in [0.4, 0.5) is 0 Å². The number of likely N-dealkylation sites (tertiary alicyclic amines) is 1. The predicted molar refractivity (Wildman–Crippen MR) is 134 cm³/mol. The van der Waals surface area contributed by atoms with E-state index in [1.807, 2.05) is 24.8 Å². The van der Waals surface area contributed by atoms with E-state index in [-0.39, 0.29) is 23.6 Å². The van der Waals surface area contributed by atoms with Crippen molar-refractivity contribution >= 4 is 17.7 Å². The molecule has 2 saturated heterocycles. The van der Waals surface area contributed by atoms with Gasteiger partial charge in [0, 0.05) is 38.6 Å². The SMILES string of the molecule is CCCN1C(=O)[C@H](CCCCNC(=O)C(C)C)NC(=O)C12CCN(CCc1ccccc1)CC2. The molecule has 3 rings (SSSR count). The number of hydrogen-bond acceptors (Lipinski definition) is 4. The second-order valence-electron chi connectivity index (χ2n) is 10.1. The fourth-order valence-corrected chi connectivity index (χ4v) is 5.08. The third kappa shape index (κ3) is 6.38. The number of piperazine rings is 1. The van der Waals surface area contributed by atoms with Crippen molar-refractivity contribution in [1.82, 2.24) is 20.4 Å². The maximum Gasteiger partial charge on any atom is 0.246 e. The van der Waals surface area contributed by atoms with Crippen LogP contribution in [0.25, 0.3) is 0 Å². The summed E-state index contributed by atoms with van der Waals surface area (Å²) in [5.41, 5.74) is 0.616. The minimum atomic E-state index is -0.710. The van der Waals surface area contributed by atoms with Crippen LogP contribution >= 0.6 is 0 Å². The van der Waals surface area contributed by atoms with Gasteiger partial charge in [-0.3, -0.25) is 14.4 Å². The zero-order chi connectivity index (χ0) is 24.6. The summed E-state index contributed by atoms with van der Waals surface area (Å²) in [6, 6.07) is 10.0. The fraction of sp³-hybridized carbons (Fsp3) is 0.667. The van der Waals surface area contributed by atoms with E-state index in [1.165, 1.54) is 5.56 Å². The number of unbranched alkanes of at least 4 members (excludes halogenated alkanes) is 1. The Morgan fingerprint density at radius 3 is 2.47 bits per heavy atom. The van der Waals surface area contributed by atoms with Gasteiger partial charge < -0.3 is 20.4 Å². The zero-order valence-electron chi connectivity index (χ0n) is 21.1. The van der Waals surface area contributed by atoms with Gasteiger partial charge in [0.15, 0.2) is 0 Å². The van der Waals surface area contributed by atoms with Crippen molar-refractivity contribution in [2.75, 3.05) is 32.7 Å².